The van der Waals surface area contributed by atoms with Crippen LogP contribution in [0.3, 0.4) is 0 Å². The Kier molecular flexibility index (Phi) is 4.39. The Labute approximate surface area is 130 Å². The normalized spacial score (nSPS) is 15.3. The average molecular weight is 302 g/mol. The van der Waals surface area contributed by atoms with E-state index >= 15 is 0 Å². The third kappa shape index (κ3) is 3.18. The van der Waals surface area contributed by atoms with Gasteiger partial charge in [-0.1, -0.05) is 36.6 Å². The highest BCUT2D eigenvalue weighted by atomic mass is 35.5. The fourth-order valence-electron chi connectivity index (χ4n) is 2.93. The monoisotopic (exact) mass is 301 g/mol. The maximum atomic E-state index is 6.30. The van der Waals surface area contributed by atoms with Crippen molar-refractivity contribution < 1.29 is 0 Å². The van der Waals surface area contributed by atoms with Crippen LogP contribution in [0.25, 0.3) is 11.4 Å². The van der Waals surface area contributed by atoms with Gasteiger partial charge in [-0.25, -0.2) is 9.97 Å². The largest absolute Gasteiger partial charge is 0.370 e. The summed E-state index contributed by atoms with van der Waals surface area (Å²) in [7, 11) is 0. The topological polar surface area (TPSA) is 37.8 Å². The second-order valence-corrected chi connectivity index (χ2v) is 5.90. The van der Waals surface area contributed by atoms with Crippen molar-refractivity contribution in [3.63, 3.8) is 0 Å². The molecule has 0 spiro atoms. The molecule has 1 saturated carbocycles. The zero-order valence-corrected chi connectivity index (χ0v) is 13.0. The molecule has 4 heteroatoms. The summed E-state index contributed by atoms with van der Waals surface area (Å²) in [6.45, 7) is 2.93. The van der Waals surface area contributed by atoms with Gasteiger partial charge < -0.3 is 5.32 Å². The number of benzene rings is 1. The van der Waals surface area contributed by atoms with E-state index in [4.69, 9.17) is 16.6 Å². The molecule has 0 saturated heterocycles. The number of hydrogen-bond acceptors (Lipinski definition) is 3. The number of anilines is 1. The van der Waals surface area contributed by atoms with Gasteiger partial charge in [0, 0.05) is 29.8 Å². The lowest BCUT2D eigenvalue weighted by atomic mass is 10.0. The lowest BCUT2D eigenvalue weighted by Gasteiger charge is -2.13. The summed E-state index contributed by atoms with van der Waals surface area (Å²) in [6, 6.07) is 9.86. The standard InChI is InChI=1S/C17H20ClN3/c1-2-19-16-11-15(12-7-3-4-8-12)20-17(21-16)13-9-5-6-10-14(13)18/h5-6,9-12H,2-4,7-8H2,1H3,(H,19,20,21). The molecule has 21 heavy (non-hydrogen) atoms. The molecule has 1 aromatic carbocycles. The first-order chi connectivity index (χ1) is 10.3. The summed E-state index contributed by atoms with van der Waals surface area (Å²) in [5.41, 5.74) is 2.05. The van der Waals surface area contributed by atoms with Crippen molar-refractivity contribution in [2.75, 3.05) is 11.9 Å². The Morgan fingerprint density at radius 3 is 2.67 bits per heavy atom. The second kappa shape index (κ2) is 6.44. The molecule has 3 rings (SSSR count). The Morgan fingerprint density at radius 1 is 1.19 bits per heavy atom. The van der Waals surface area contributed by atoms with Gasteiger partial charge in [0.25, 0.3) is 0 Å². The van der Waals surface area contributed by atoms with Crippen molar-refractivity contribution in [1.29, 1.82) is 0 Å². The molecule has 1 fully saturated rings. The van der Waals surface area contributed by atoms with Crippen molar-refractivity contribution in [3.8, 4) is 11.4 Å². The number of rotatable bonds is 4. The van der Waals surface area contributed by atoms with Crippen LogP contribution in [0.15, 0.2) is 30.3 Å². The van der Waals surface area contributed by atoms with E-state index in [2.05, 4.69) is 23.3 Å². The quantitative estimate of drug-likeness (QED) is 0.874. The molecule has 110 valence electrons. The summed E-state index contributed by atoms with van der Waals surface area (Å²) in [5, 5.41) is 4.00. The first-order valence-corrected chi connectivity index (χ1v) is 8.03. The van der Waals surface area contributed by atoms with Gasteiger partial charge in [0.15, 0.2) is 5.82 Å². The molecule has 0 aliphatic heterocycles. The Hall–Kier alpha value is -1.61. The van der Waals surface area contributed by atoms with E-state index in [1.54, 1.807) is 0 Å². The summed E-state index contributed by atoms with van der Waals surface area (Å²) in [4.78, 5) is 9.41. The molecule has 0 unspecified atom stereocenters. The fourth-order valence-corrected chi connectivity index (χ4v) is 3.15. The van der Waals surface area contributed by atoms with E-state index in [-0.39, 0.29) is 0 Å². The molecule has 3 nitrogen and oxygen atoms in total. The Morgan fingerprint density at radius 2 is 1.95 bits per heavy atom. The summed E-state index contributed by atoms with van der Waals surface area (Å²) < 4.78 is 0. The van der Waals surface area contributed by atoms with Crippen LogP contribution in [0, 0.1) is 0 Å². The van der Waals surface area contributed by atoms with E-state index in [1.807, 2.05) is 24.3 Å². The number of hydrogen-bond donors (Lipinski definition) is 1. The minimum Gasteiger partial charge on any atom is -0.370 e. The van der Waals surface area contributed by atoms with Crippen LogP contribution in [-0.4, -0.2) is 16.5 Å². The molecule has 2 aromatic rings. The molecule has 1 aliphatic rings. The van der Waals surface area contributed by atoms with Crippen LogP contribution in [0.2, 0.25) is 5.02 Å². The molecule has 0 bridgehead atoms. The van der Waals surface area contributed by atoms with Crippen molar-refractivity contribution >= 4 is 17.4 Å². The minimum absolute atomic E-state index is 0.562. The molecule has 1 N–H and O–H groups in total. The molecule has 0 amide bonds. The Bertz CT molecular complexity index is 621. The van der Waals surface area contributed by atoms with Gasteiger partial charge in [0.05, 0.1) is 5.02 Å². The van der Waals surface area contributed by atoms with Crippen molar-refractivity contribution in [2.45, 2.75) is 38.5 Å². The molecule has 0 radical (unpaired) electrons. The number of aromatic nitrogens is 2. The summed E-state index contributed by atoms with van der Waals surface area (Å²) in [5.74, 6) is 2.18. The summed E-state index contributed by atoms with van der Waals surface area (Å²) in [6.07, 6.45) is 5.05. The van der Waals surface area contributed by atoms with Gasteiger partial charge in [-0.2, -0.15) is 0 Å². The molecule has 1 aromatic heterocycles. The van der Waals surface area contributed by atoms with Gasteiger partial charge >= 0.3 is 0 Å². The van der Waals surface area contributed by atoms with Crippen LogP contribution in [0.1, 0.15) is 44.2 Å². The van der Waals surface area contributed by atoms with Gasteiger partial charge in [0.1, 0.15) is 5.82 Å². The first kappa shape index (κ1) is 14.3. The van der Waals surface area contributed by atoms with Crippen LogP contribution in [0.5, 0.6) is 0 Å². The lowest BCUT2D eigenvalue weighted by Crippen LogP contribution is -2.06. The Balaban J connectivity index is 2.04. The number of nitrogens with zero attached hydrogens (tertiary/aromatic N) is 2. The molecular formula is C17H20ClN3. The third-order valence-corrected chi connectivity index (χ3v) is 4.32. The lowest BCUT2D eigenvalue weighted by molar-refractivity contribution is 0.695. The zero-order valence-electron chi connectivity index (χ0n) is 12.3. The molecule has 1 aliphatic carbocycles. The van der Waals surface area contributed by atoms with Gasteiger partial charge in [-0.05, 0) is 31.9 Å². The maximum absolute atomic E-state index is 6.30. The van der Waals surface area contributed by atoms with Crippen LogP contribution < -0.4 is 5.32 Å². The highest BCUT2D eigenvalue weighted by Gasteiger charge is 2.20. The van der Waals surface area contributed by atoms with Gasteiger partial charge in [-0.3, -0.25) is 0 Å². The van der Waals surface area contributed by atoms with Crippen molar-refractivity contribution in [1.82, 2.24) is 9.97 Å². The SMILES string of the molecule is CCNc1cc(C2CCCC2)nc(-c2ccccc2Cl)n1. The second-order valence-electron chi connectivity index (χ2n) is 5.49. The van der Waals surface area contributed by atoms with Crippen molar-refractivity contribution in [2.24, 2.45) is 0 Å². The van der Waals surface area contributed by atoms with Crippen LogP contribution in [-0.2, 0) is 0 Å². The predicted octanol–water partition coefficient (Wildman–Crippen LogP) is 4.89. The van der Waals surface area contributed by atoms with Crippen LogP contribution >= 0.6 is 11.6 Å². The van der Waals surface area contributed by atoms with E-state index in [0.717, 1.165) is 29.4 Å². The van der Waals surface area contributed by atoms with E-state index < -0.39 is 0 Å². The smallest absolute Gasteiger partial charge is 0.163 e. The highest BCUT2D eigenvalue weighted by Crippen LogP contribution is 2.35. The van der Waals surface area contributed by atoms with Gasteiger partial charge in [0.2, 0.25) is 0 Å². The number of halogens is 1. The fraction of sp³-hybridized carbons (Fsp3) is 0.412. The van der Waals surface area contributed by atoms with E-state index in [9.17, 15) is 0 Å². The van der Waals surface area contributed by atoms with Crippen LogP contribution in [0.4, 0.5) is 5.82 Å². The predicted molar refractivity (Wildman–Crippen MR) is 87.9 cm³/mol. The summed E-state index contributed by atoms with van der Waals surface area (Å²) >= 11 is 6.30. The molecular weight excluding hydrogens is 282 g/mol. The van der Waals surface area contributed by atoms with E-state index in [1.165, 1.54) is 25.7 Å². The zero-order chi connectivity index (χ0) is 14.7. The minimum atomic E-state index is 0.562. The highest BCUT2D eigenvalue weighted by molar-refractivity contribution is 6.33. The van der Waals surface area contributed by atoms with E-state index in [0.29, 0.717) is 10.9 Å². The third-order valence-electron chi connectivity index (χ3n) is 3.99. The van der Waals surface area contributed by atoms with Crippen molar-refractivity contribution in [3.05, 3.63) is 41.0 Å². The number of nitrogens with one attached hydrogen (secondary N) is 1. The average Bonchev–Trinajstić information content (AvgIpc) is 3.02. The van der Waals surface area contributed by atoms with Gasteiger partial charge in [-0.15, -0.1) is 0 Å². The maximum Gasteiger partial charge on any atom is 0.163 e. The first-order valence-electron chi connectivity index (χ1n) is 7.65. The molecule has 0 atom stereocenters. The molecule has 1 heterocycles.